The van der Waals surface area contributed by atoms with Crippen molar-refractivity contribution in [2.45, 2.75) is 6.92 Å². The number of hydrazine groups is 1. The Hall–Kier alpha value is -3.01. The Balaban J connectivity index is 1.96. The molecule has 0 amide bonds. The highest BCUT2D eigenvalue weighted by Crippen LogP contribution is 2.17. The number of aromatic amines is 1. The highest BCUT2D eigenvalue weighted by molar-refractivity contribution is 5.30. The van der Waals surface area contributed by atoms with Crippen LogP contribution in [0.25, 0.3) is 5.95 Å². The van der Waals surface area contributed by atoms with E-state index in [-0.39, 0.29) is 12.0 Å². The lowest BCUT2D eigenvalue weighted by molar-refractivity contribution is 0.421. The molecule has 0 atom stereocenters. The van der Waals surface area contributed by atoms with Gasteiger partial charge in [0.2, 0.25) is 17.8 Å². The van der Waals surface area contributed by atoms with E-state index in [1.807, 2.05) is 6.92 Å². The second-order valence-electron chi connectivity index (χ2n) is 3.85. The summed E-state index contributed by atoms with van der Waals surface area (Å²) in [6.07, 6.45) is 4.85. The Kier molecular flexibility index (Phi) is 2.97. The molecule has 3 heterocycles. The number of hydrogen-bond acceptors (Lipinski definition) is 8. The minimum atomic E-state index is 0.0724. The summed E-state index contributed by atoms with van der Waals surface area (Å²) in [4.78, 5) is 16.2. The van der Waals surface area contributed by atoms with Gasteiger partial charge in [0.25, 0.3) is 0 Å². The van der Waals surface area contributed by atoms with Crippen molar-refractivity contribution in [3.05, 3.63) is 30.5 Å². The van der Waals surface area contributed by atoms with Gasteiger partial charge in [0.05, 0.1) is 0 Å². The van der Waals surface area contributed by atoms with Crippen molar-refractivity contribution in [2.75, 3.05) is 5.43 Å². The van der Waals surface area contributed by atoms with E-state index < -0.39 is 0 Å². The Labute approximate surface area is 113 Å². The van der Waals surface area contributed by atoms with Crippen molar-refractivity contribution >= 4 is 5.95 Å². The average molecular weight is 273 g/mol. The van der Waals surface area contributed by atoms with E-state index in [0.717, 1.165) is 5.69 Å². The van der Waals surface area contributed by atoms with Crippen molar-refractivity contribution in [1.82, 2.24) is 34.7 Å². The van der Waals surface area contributed by atoms with Gasteiger partial charge in [-0.2, -0.15) is 15.0 Å². The fraction of sp³-hybridized carbons (Fsp3) is 0.100. The van der Waals surface area contributed by atoms with Crippen molar-refractivity contribution in [1.29, 1.82) is 0 Å². The molecule has 102 valence electrons. The van der Waals surface area contributed by atoms with Crippen LogP contribution in [0.1, 0.15) is 5.69 Å². The van der Waals surface area contributed by atoms with Crippen LogP contribution in [0.4, 0.5) is 5.95 Å². The maximum absolute atomic E-state index is 5.45. The molecule has 3 aromatic rings. The lowest BCUT2D eigenvalue weighted by atomic mass is 10.5. The maximum atomic E-state index is 5.45. The number of aryl methyl sites for hydroxylation is 1. The molecule has 0 aliphatic heterocycles. The van der Waals surface area contributed by atoms with E-state index in [1.54, 1.807) is 29.4 Å². The minimum Gasteiger partial charge on any atom is -0.403 e. The van der Waals surface area contributed by atoms with Crippen LogP contribution in [0, 0.1) is 6.92 Å². The zero-order chi connectivity index (χ0) is 13.9. The number of ether oxygens (including phenoxy) is 1. The van der Waals surface area contributed by atoms with E-state index in [2.05, 4.69) is 35.6 Å². The summed E-state index contributed by atoms with van der Waals surface area (Å²) in [5.74, 6) is 6.19. The smallest absolute Gasteiger partial charge is 0.330 e. The number of hydrogen-bond donors (Lipinski definition) is 3. The molecule has 0 aliphatic rings. The largest absolute Gasteiger partial charge is 0.403 e. The molecular weight excluding hydrogens is 262 g/mol. The van der Waals surface area contributed by atoms with Gasteiger partial charge in [0.15, 0.2) is 0 Å². The van der Waals surface area contributed by atoms with Gasteiger partial charge in [-0.25, -0.2) is 10.8 Å². The first-order valence-electron chi connectivity index (χ1n) is 5.65. The lowest BCUT2D eigenvalue weighted by Crippen LogP contribution is -2.13. The summed E-state index contributed by atoms with van der Waals surface area (Å²) >= 11 is 0. The maximum Gasteiger partial charge on any atom is 0.330 e. The summed E-state index contributed by atoms with van der Waals surface area (Å²) in [6, 6.07) is 1.79. The average Bonchev–Trinajstić information content (AvgIpc) is 3.10. The van der Waals surface area contributed by atoms with Gasteiger partial charge in [-0.05, 0) is 6.92 Å². The van der Waals surface area contributed by atoms with Crippen molar-refractivity contribution < 1.29 is 4.74 Å². The number of imidazole rings is 1. The number of nitrogens with two attached hydrogens (primary N) is 1. The third-order valence-electron chi connectivity index (χ3n) is 2.35. The first-order chi connectivity index (χ1) is 9.74. The molecule has 0 saturated carbocycles. The Morgan fingerprint density at radius 1 is 1.35 bits per heavy atom. The summed E-state index contributed by atoms with van der Waals surface area (Å²) in [6.45, 7) is 1.86. The highest BCUT2D eigenvalue weighted by Gasteiger charge is 2.10. The van der Waals surface area contributed by atoms with E-state index >= 15 is 0 Å². The van der Waals surface area contributed by atoms with Gasteiger partial charge >= 0.3 is 6.01 Å². The molecule has 0 bridgehead atoms. The molecule has 10 heteroatoms. The summed E-state index contributed by atoms with van der Waals surface area (Å²) in [7, 11) is 0. The van der Waals surface area contributed by atoms with Crippen molar-refractivity contribution in [3.63, 3.8) is 0 Å². The van der Waals surface area contributed by atoms with Gasteiger partial charge in [0, 0.05) is 24.2 Å². The van der Waals surface area contributed by atoms with Crippen LogP contribution < -0.4 is 16.0 Å². The molecular formula is C10H11N9O. The summed E-state index contributed by atoms with van der Waals surface area (Å²) < 4.78 is 7.05. The van der Waals surface area contributed by atoms with Crippen LogP contribution >= 0.6 is 0 Å². The van der Waals surface area contributed by atoms with E-state index in [9.17, 15) is 0 Å². The van der Waals surface area contributed by atoms with Gasteiger partial charge in [-0.3, -0.25) is 15.1 Å². The monoisotopic (exact) mass is 273 g/mol. The van der Waals surface area contributed by atoms with Crippen LogP contribution in [0.15, 0.2) is 24.8 Å². The first kappa shape index (κ1) is 12.0. The molecule has 4 N–H and O–H groups in total. The van der Waals surface area contributed by atoms with E-state index in [4.69, 9.17) is 10.6 Å². The number of rotatable bonds is 4. The predicted molar refractivity (Wildman–Crippen MR) is 68.2 cm³/mol. The Morgan fingerprint density at radius 2 is 2.25 bits per heavy atom. The Bertz CT molecular complexity index is 705. The van der Waals surface area contributed by atoms with E-state index in [0.29, 0.717) is 11.8 Å². The van der Waals surface area contributed by atoms with Crippen molar-refractivity contribution in [2.24, 2.45) is 5.84 Å². The molecule has 0 fully saturated rings. The number of anilines is 1. The first-order valence-corrected chi connectivity index (χ1v) is 5.65. The molecule has 10 nitrogen and oxygen atoms in total. The minimum absolute atomic E-state index is 0.0724. The van der Waals surface area contributed by atoms with Crippen molar-refractivity contribution in [3.8, 4) is 17.8 Å². The molecule has 0 aromatic carbocycles. The van der Waals surface area contributed by atoms with Gasteiger partial charge in [-0.1, -0.05) is 0 Å². The van der Waals surface area contributed by atoms with Crippen LogP contribution in [0.2, 0.25) is 0 Å². The van der Waals surface area contributed by atoms with Gasteiger partial charge in [0.1, 0.15) is 6.33 Å². The second kappa shape index (κ2) is 4.93. The molecule has 0 aliphatic carbocycles. The molecule has 3 rings (SSSR count). The second-order valence-corrected chi connectivity index (χ2v) is 3.85. The lowest BCUT2D eigenvalue weighted by Gasteiger charge is -2.06. The molecule has 0 radical (unpaired) electrons. The fourth-order valence-electron chi connectivity index (χ4n) is 1.49. The number of aromatic nitrogens is 7. The third kappa shape index (κ3) is 2.40. The molecule has 20 heavy (non-hydrogen) atoms. The topological polar surface area (TPSA) is 132 Å². The molecule has 3 aromatic heterocycles. The Morgan fingerprint density at radius 3 is 2.90 bits per heavy atom. The van der Waals surface area contributed by atoms with E-state index in [1.165, 1.54) is 0 Å². The van der Waals surface area contributed by atoms with Crippen LogP contribution in [-0.2, 0) is 0 Å². The number of H-pyrrole nitrogens is 1. The SMILES string of the molecule is Cc1cc(Oc2nc(NN)nc(-n3ccnc3)n2)n[nH]1. The summed E-state index contributed by atoms with van der Waals surface area (Å²) in [5.41, 5.74) is 3.22. The predicted octanol–water partition coefficient (Wildman–Crippen LogP) is 0.167. The van der Waals surface area contributed by atoms with Crippen LogP contribution in [-0.4, -0.2) is 34.7 Å². The number of nitrogens with zero attached hydrogens (tertiary/aromatic N) is 6. The quantitative estimate of drug-likeness (QED) is 0.452. The number of nitrogen functional groups attached to an aromatic ring is 1. The summed E-state index contributed by atoms with van der Waals surface area (Å²) in [5, 5.41) is 6.70. The third-order valence-corrected chi connectivity index (χ3v) is 2.35. The molecule has 0 unspecified atom stereocenters. The zero-order valence-corrected chi connectivity index (χ0v) is 10.5. The van der Waals surface area contributed by atoms with Crippen LogP contribution in [0.3, 0.4) is 0 Å². The van der Waals surface area contributed by atoms with Gasteiger partial charge in [-0.15, -0.1) is 5.10 Å². The number of nitrogens with one attached hydrogen (secondary N) is 2. The standard InChI is InChI=1S/C10H11N9O/c1-6-4-7(18-17-6)20-10-14-8(16-11)13-9(15-10)19-3-2-12-5-19/h2-5H,11H2,1H3,(H,17,18)(H,13,14,15,16). The fourth-order valence-corrected chi connectivity index (χ4v) is 1.49. The normalized spacial score (nSPS) is 10.5. The highest BCUT2D eigenvalue weighted by atomic mass is 16.5. The zero-order valence-electron chi connectivity index (χ0n) is 10.5. The van der Waals surface area contributed by atoms with Crippen LogP contribution in [0.5, 0.6) is 11.9 Å². The molecule has 0 saturated heterocycles. The van der Waals surface area contributed by atoms with Gasteiger partial charge < -0.3 is 4.74 Å². The molecule has 0 spiro atoms.